The molecule has 27 heavy (non-hydrogen) atoms. The van der Waals surface area contributed by atoms with Crippen molar-refractivity contribution in [3.05, 3.63) is 51.7 Å². The summed E-state index contributed by atoms with van der Waals surface area (Å²) in [6.45, 7) is 5.24. The number of aryl methyl sites for hydroxylation is 1. The van der Waals surface area contributed by atoms with Crippen LogP contribution >= 0.6 is 0 Å². The first-order valence-corrected chi connectivity index (χ1v) is 9.14. The van der Waals surface area contributed by atoms with Gasteiger partial charge in [0.2, 0.25) is 5.91 Å². The van der Waals surface area contributed by atoms with E-state index in [2.05, 4.69) is 10.4 Å². The maximum Gasteiger partial charge on any atom is 0.253 e. The van der Waals surface area contributed by atoms with Gasteiger partial charge in [0.1, 0.15) is 6.54 Å². The van der Waals surface area contributed by atoms with E-state index >= 15 is 0 Å². The number of nitrogens with one attached hydrogen (secondary N) is 1. The molecule has 1 fully saturated rings. The van der Waals surface area contributed by atoms with Crippen molar-refractivity contribution >= 4 is 11.8 Å². The van der Waals surface area contributed by atoms with Crippen LogP contribution in [0.1, 0.15) is 47.4 Å². The zero-order valence-electron chi connectivity index (χ0n) is 15.9. The van der Waals surface area contributed by atoms with Crippen molar-refractivity contribution in [3.63, 3.8) is 0 Å². The normalized spacial score (nSPS) is 15.0. The van der Waals surface area contributed by atoms with Crippen molar-refractivity contribution in [1.29, 1.82) is 0 Å². The van der Waals surface area contributed by atoms with Crippen molar-refractivity contribution in [2.24, 2.45) is 7.05 Å². The van der Waals surface area contributed by atoms with Crippen LogP contribution in [0.25, 0.3) is 0 Å². The Morgan fingerprint density at radius 1 is 1.26 bits per heavy atom. The molecule has 2 aromatic heterocycles. The summed E-state index contributed by atoms with van der Waals surface area (Å²) in [5.74, 6) is -0.389. The van der Waals surface area contributed by atoms with E-state index in [-0.39, 0.29) is 30.0 Å². The zero-order chi connectivity index (χ0) is 19.6. The fourth-order valence-electron chi connectivity index (χ4n) is 3.30. The van der Waals surface area contributed by atoms with E-state index in [9.17, 15) is 14.4 Å². The number of amides is 2. The van der Waals surface area contributed by atoms with Crippen molar-refractivity contribution in [2.75, 3.05) is 13.1 Å². The van der Waals surface area contributed by atoms with Gasteiger partial charge in [0.15, 0.2) is 0 Å². The van der Waals surface area contributed by atoms with Crippen LogP contribution in [-0.2, 0) is 18.4 Å². The molecule has 8 heteroatoms. The molecule has 1 N–H and O–H groups in total. The Morgan fingerprint density at radius 2 is 1.96 bits per heavy atom. The summed E-state index contributed by atoms with van der Waals surface area (Å²) in [5, 5.41) is 7.11. The third kappa shape index (κ3) is 4.10. The first-order chi connectivity index (χ1) is 12.9. The standard InChI is InChI=1S/C19H25N5O3/c1-13(16-10-20-22(3)14(16)2)21-19(27)15-6-7-17(25)24(11-15)12-18(26)23-8-4-5-9-23/h6-7,10-11,13H,4-5,8-9,12H2,1-3H3,(H,21,27)/t13-/m1/s1. The second-order valence-electron chi connectivity index (χ2n) is 6.98. The lowest BCUT2D eigenvalue weighted by Gasteiger charge is -2.17. The Hall–Kier alpha value is -2.90. The summed E-state index contributed by atoms with van der Waals surface area (Å²) in [6.07, 6.45) is 5.17. The van der Waals surface area contributed by atoms with E-state index in [0.717, 1.165) is 37.2 Å². The average Bonchev–Trinajstić information content (AvgIpc) is 3.28. The fraction of sp³-hybridized carbons (Fsp3) is 0.474. The lowest BCUT2D eigenvalue weighted by molar-refractivity contribution is -0.130. The first-order valence-electron chi connectivity index (χ1n) is 9.14. The van der Waals surface area contributed by atoms with Crippen LogP contribution in [0.2, 0.25) is 0 Å². The summed E-state index contributed by atoms with van der Waals surface area (Å²) in [7, 11) is 1.85. The molecular formula is C19H25N5O3. The maximum absolute atomic E-state index is 12.6. The van der Waals surface area contributed by atoms with Gasteiger partial charge in [0.05, 0.1) is 17.8 Å². The number of pyridine rings is 1. The predicted molar refractivity (Wildman–Crippen MR) is 100 cm³/mol. The fourth-order valence-corrected chi connectivity index (χ4v) is 3.30. The molecule has 0 aliphatic carbocycles. The number of likely N-dealkylation sites (tertiary alicyclic amines) is 1. The highest BCUT2D eigenvalue weighted by atomic mass is 16.2. The number of hydrogen-bond donors (Lipinski definition) is 1. The van der Waals surface area contributed by atoms with E-state index in [0.29, 0.717) is 5.56 Å². The Labute approximate surface area is 157 Å². The predicted octanol–water partition coefficient (Wildman–Crippen LogP) is 1.00. The van der Waals surface area contributed by atoms with Crippen LogP contribution in [0.4, 0.5) is 0 Å². The molecule has 0 bridgehead atoms. The third-order valence-electron chi connectivity index (χ3n) is 5.10. The minimum atomic E-state index is -0.298. The zero-order valence-corrected chi connectivity index (χ0v) is 15.9. The Balaban J connectivity index is 1.72. The molecule has 0 saturated carbocycles. The highest BCUT2D eigenvalue weighted by Gasteiger charge is 2.20. The summed E-state index contributed by atoms with van der Waals surface area (Å²) < 4.78 is 3.05. The number of hydrogen-bond acceptors (Lipinski definition) is 4. The summed E-state index contributed by atoms with van der Waals surface area (Å²) in [5.41, 5.74) is 1.96. The molecule has 0 aromatic carbocycles. The maximum atomic E-state index is 12.6. The molecule has 1 aliphatic heterocycles. The van der Waals surface area contributed by atoms with E-state index in [4.69, 9.17) is 0 Å². The smallest absolute Gasteiger partial charge is 0.253 e. The van der Waals surface area contributed by atoms with E-state index in [1.165, 1.54) is 22.9 Å². The first kappa shape index (κ1) is 18.9. The molecule has 1 aliphatic rings. The van der Waals surface area contributed by atoms with Gasteiger partial charge in [-0.3, -0.25) is 19.1 Å². The molecule has 2 amide bonds. The van der Waals surface area contributed by atoms with Crippen LogP contribution in [0, 0.1) is 6.92 Å². The highest BCUT2D eigenvalue weighted by Crippen LogP contribution is 2.16. The third-order valence-corrected chi connectivity index (χ3v) is 5.10. The lowest BCUT2D eigenvalue weighted by atomic mass is 10.1. The molecule has 1 atom stereocenters. The molecule has 3 heterocycles. The molecule has 0 radical (unpaired) electrons. The molecule has 3 rings (SSSR count). The summed E-state index contributed by atoms with van der Waals surface area (Å²) in [6, 6.07) is 2.58. The van der Waals surface area contributed by atoms with E-state index in [1.54, 1.807) is 15.8 Å². The van der Waals surface area contributed by atoms with Crippen molar-refractivity contribution in [3.8, 4) is 0 Å². The van der Waals surface area contributed by atoms with Crippen LogP contribution in [0.5, 0.6) is 0 Å². The minimum Gasteiger partial charge on any atom is -0.345 e. The molecule has 0 spiro atoms. The van der Waals surface area contributed by atoms with Crippen LogP contribution in [-0.4, -0.2) is 44.2 Å². The van der Waals surface area contributed by atoms with Gasteiger partial charge in [-0.2, -0.15) is 5.10 Å². The number of aromatic nitrogens is 3. The molecular weight excluding hydrogens is 346 g/mol. The quantitative estimate of drug-likeness (QED) is 0.849. The average molecular weight is 371 g/mol. The van der Waals surface area contributed by atoms with Crippen LogP contribution < -0.4 is 10.9 Å². The number of nitrogens with zero attached hydrogens (tertiary/aromatic N) is 4. The molecule has 8 nitrogen and oxygen atoms in total. The lowest BCUT2D eigenvalue weighted by Crippen LogP contribution is -2.35. The van der Waals surface area contributed by atoms with Gasteiger partial charge in [-0.05, 0) is 32.8 Å². The molecule has 2 aromatic rings. The van der Waals surface area contributed by atoms with Gasteiger partial charge in [0, 0.05) is 43.7 Å². The summed E-state index contributed by atoms with van der Waals surface area (Å²) >= 11 is 0. The minimum absolute atomic E-state index is 0.0444. The number of rotatable bonds is 5. The Kier molecular flexibility index (Phi) is 5.43. The SMILES string of the molecule is Cc1c([C@@H](C)NC(=O)c2ccc(=O)n(CC(=O)N3CCCC3)c2)cnn1C. The van der Waals surface area contributed by atoms with Crippen molar-refractivity contribution in [1.82, 2.24) is 24.6 Å². The Bertz CT molecular complexity index is 908. The monoisotopic (exact) mass is 371 g/mol. The number of carbonyl (C=O) groups excluding carboxylic acids is 2. The van der Waals surface area contributed by atoms with E-state index in [1.807, 2.05) is 20.9 Å². The van der Waals surface area contributed by atoms with Gasteiger partial charge >= 0.3 is 0 Å². The van der Waals surface area contributed by atoms with Gasteiger partial charge in [-0.15, -0.1) is 0 Å². The van der Waals surface area contributed by atoms with Gasteiger partial charge in [-0.1, -0.05) is 0 Å². The van der Waals surface area contributed by atoms with Gasteiger partial charge in [-0.25, -0.2) is 0 Å². The number of carbonyl (C=O) groups is 2. The van der Waals surface area contributed by atoms with Gasteiger partial charge < -0.3 is 14.8 Å². The molecule has 0 unspecified atom stereocenters. The molecule has 1 saturated heterocycles. The van der Waals surface area contributed by atoms with Crippen LogP contribution in [0.3, 0.4) is 0 Å². The Morgan fingerprint density at radius 3 is 2.59 bits per heavy atom. The highest BCUT2D eigenvalue weighted by molar-refractivity contribution is 5.94. The summed E-state index contributed by atoms with van der Waals surface area (Å²) in [4.78, 5) is 38.8. The van der Waals surface area contributed by atoms with Crippen molar-refractivity contribution < 1.29 is 9.59 Å². The van der Waals surface area contributed by atoms with E-state index < -0.39 is 0 Å². The topological polar surface area (TPSA) is 89.2 Å². The van der Waals surface area contributed by atoms with Crippen LogP contribution in [0.15, 0.2) is 29.3 Å². The second kappa shape index (κ2) is 7.77. The van der Waals surface area contributed by atoms with Gasteiger partial charge in [0.25, 0.3) is 11.5 Å². The second-order valence-corrected chi connectivity index (χ2v) is 6.98. The van der Waals surface area contributed by atoms with Crippen molar-refractivity contribution in [2.45, 2.75) is 39.3 Å². The largest absolute Gasteiger partial charge is 0.345 e. The molecule has 144 valence electrons.